The van der Waals surface area contributed by atoms with Crippen LogP contribution in [-0.4, -0.2) is 36.2 Å². The van der Waals surface area contributed by atoms with Crippen LogP contribution in [0.5, 0.6) is 5.88 Å². The number of rotatable bonds is 8. The van der Waals surface area contributed by atoms with E-state index in [1.165, 1.54) is 11.3 Å². The smallest absolute Gasteiger partial charge is 0.271 e. The SMILES string of the molecule is COCCOc1ccc(CNC(=O)c2csc(-c3cc(Br)cs3)n2)cn1. The summed E-state index contributed by atoms with van der Waals surface area (Å²) in [6, 6.07) is 5.63. The molecule has 3 heterocycles. The Morgan fingerprint density at radius 3 is 2.85 bits per heavy atom. The number of nitrogens with one attached hydrogen (secondary N) is 1. The third-order valence-corrected chi connectivity index (χ3v) is 6.01. The van der Waals surface area contributed by atoms with Crippen LogP contribution in [0.2, 0.25) is 0 Å². The normalized spacial score (nSPS) is 10.7. The van der Waals surface area contributed by atoms with Gasteiger partial charge in [-0.2, -0.15) is 0 Å². The van der Waals surface area contributed by atoms with Crippen molar-refractivity contribution in [2.45, 2.75) is 6.54 Å². The number of halogens is 1. The summed E-state index contributed by atoms with van der Waals surface area (Å²) >= 11 is 6.47. The van der Waals surface area contributed by atoms with Crippen molar-refractivity contribution in [1.29, 1.82) is 0 Å². The van der Waals surface area contributed by atoms with E-state index in [9.17, 15) is 4.79 Å². The molecule has 1 N–H and O–H groups in total. The second kappa shape index (κ2) is 9.22. The summed E-state index contributed by atoms with van der Waals surface area (Å²) in [5, 5.41) is 7.45. The van der Waals surface area contributed by atoms with Crippen LogP contribution in [0.1, 0.15) is 16.1 Å². The lowest BCUT2D eigenvalue weighted by atomic mass is 10.3. The van der Waals surface area contributed by atoms with E-state index in [0.29, 0.717) is 31.3 Å². The minimum absolute atomic E-state index is 0.205. The Balaban J connectivity index is 1.53. The molecule has 3 aromatic rings. The van der Waals surface area contributed by atoms with Crippen LogP contribution in [0.25, 0.3) is 9.88 Å². The average Bonchev–Trinajstić information content (AvgIpc) is 3.30. The van der Waals surface area contributed by atoms with Crippen LogP contribution in [0.15, 0.2) is 39.6 Å². The van der Waals surface area contributed by atoms with E-state index in [1.807, 2.05) is 17.5 Å². The predicted molar refractivity (Wildman–Crippen MR) is 106 cm³/mol. The zero-order chi connectivity index (χ0) is 18.4. The molecule has 3 rings (SSSR count). The highest BCUT2D eigenvalue weighted by Crippen LogP contribution is 2.31. The second-order valence-electron chi connectivity index (χ2n) is 5.20. The van der Waals surface area contributed by atoms with E-state index in [2.05, 4.69) is 31.2 Å². The quantitative estimate of drug-likeness (QED) is 0.522. The Morgan fingerprint density at radius 2 is 2.15 bits per heavy atom. The lowest BCUT2D eigenvalue weighted by Gasteiger charge is -2.06. The molecular weight excluding hydrogens is 438 g/mol. The van der Waals surface area contributed by atoms with Gasteiger partial charge in [-0.05, 0) is 27.6 Å². The molecule has 0 atom stereocenters. The van der Waals surface area contributed by atoms with E-state index in [1.54, 1.807) is 36.1 Å². The number of hydrogen-bond acceptors (Lipinski definition) is 7. The number of pyridine rings is 1. The third kappa shape index (κ3) is 5.10. The van der Waals surface area contributed by atoms with E-state index >= 15 is 0 Å². The summed E-state index contributed by atoms with van der Waals surface area (Å²) in [6.07, 6.45) is 1.68. The van der Waals surface area contributed by atoms with Gasteiger partial charge < -0.3 is 14.8 Å². The number of hydrogen-bond donors (Lipinski definition) is 1. The van der Waals surface area contributed by atoms with Crippen molar-refractivity contribution in [2.24, 2.45) is 0 Å². The molecular formula is C17H16BrN3O3S2. The van der Waals surface area contributed by atoms with Gasteiger partial charge in [-0.3, -0.25) is 4.79 Å². The fourth-order valence-corrected chi connectivity index (χ4v) is 4.33. The summed E-state index contributed by atoms with van der Waals surface area (Å²) in [7, 11) is 1.62. The summed E-state index contributed by atoms with van der Waals surface area (Å²) in [4.78, 5) is 21.9. The van der Waals surface area contributed by atoms with Gasteiger partial charge in [0.1, 0.15) is 17.3 Å². The molecule has 6 nitrogen and oxygen atoms in total. The molecule has 0 saturated heterocycles. The van der Waals surface area contributed by atoms with Crippen LogP contribution in [-0.2, 0) is 11.3 Å². The first-order valence-corrected chi connectivity index (χ1v) is 10.3. The van der Waals surface area contributed by atoms with Gasteiger partial charge in [0, 0.05) is 41.2 Å². The minimum atomic E-state index is -0.205. The van der Waals surface area contributed by atoms with Gasteiger partial charge >= 0.3 is 0 Å². The number of thiophene rings is 1. The maximum Gasteiger partial charge on any atom is 0.271 e. The topological polar surface area (TPSA) is 73.3 Å². The van der Waals surface area contributed by atoms with Gasteiger partial charge in [-0.25, -0.2) is 9.97 Å². The molecule has 26 heavy (non-hydrogen) atoms. The molecule has 0 spiro atoms. The summed E-state index contributed by atoms with van der Waals surface area (Å²) in [5.41, 5.74) is 1.30. The molecule has 1 amide bonds. The Kier molecular flexibility index (Phi) is 6.73. The number of methoxy groups -OCH3 is 1. The van der Waals surface area contributed by atoms with Gasteiger partial charge in [0.05, 0.1) is 11.5 Å². The zero-order valence-corrected chi connectivity index (χ0v) is 17.1. The Labute approximate surface area is 167 Å². The maximum absolute atomic E-state index is 12.3. The van der Waals surface area contributed by atoms with Gasteiger partial charge in [-0.1, -0.05) is 6.07 Å². The molecule has 0 saturated carbocycles. The number of carbonyl (C=O) groups excluding carboxylic acids is 1. The van der Waals surface area contributed by atoms with Gasteiger partial charge in [0.25, 0.3) is 5.91 Å². The van der Waals surface area contributed by atoms with Gasteiger partial charge in [0.15, 0.2) is 0 Å². The lowest BCUT2D eigenvalue weighted by molar-refractivity contribution is 0.0946. The van der Waals surface area contributed by atoms with Crippen molar-refractivity contribution in [2.75, 3.05) is 20.3 Å². The summed E-state index contributed by atoms with van der Waals surface area (Å²) in [6.45, 7) is 1.34. The van der Waals surface area contributed by atoms with E-state index in [-0.39, 0.29) is 5.91 Å². The number of ether oxygens (including phenoxy) is 2. The molecule has 0 aliphatic rings. The first-order chi connectivity index (χ1) is 12.7. The highest BCUT2D eigenvalue weighted by molar-refractivity contribution is 9.10. The first-order valence-electron chi connectivity index (χ1n) is 7.70. The molecule has 9 heteroatoms. The van der Waals surface area contributed by atoms with E-state index in [0.717, 1.165) is 19.9 Å². The predicted octanol–water partition coefficient (Wildman–Crippen LogP) is 3.98. The fourth-order valence-electron chi connectivity index (χ4n) is 2.02. The molecule has 0 aliphatic heterocycles. The number of nitrogens with zero attached hydrogens (tertiary/aromatic N) is 2. The number of carbonyl (C=O) groups is 1. The standard InChI is InChI=1S/C17H16BrN3O3S2/c1-23-4-5-24-15-3-2-11(7-19-15)8-20-16(22)13-10-26-17(21-13)14-6-12(18)9-25-14/h2-3,6-7,9-10H,4-5,8H2,1H3,(H,20,22). The average molecular weight is 454 g/mol. The second-order valence-corrected chi connectivity index (χ2v) is 7.88. The van der Waals surface area contributed by atoms with Crippen LogP contribution >= 0.6 is 38.6 Å². The molecule has 3 aromatic heterocycles. The van der Waals surface area contributed by atoms with Crippen molar-refractivity contribution < 1.29 is 14.3 Å². The summed E-state index contributed by atoms with van der Waals surface area (Å²) < 4.78 is 11.3. The van der Waals surface area contributed by atoms with Crippen molar-refractivity contribution in [1.82, 2.24) is 15.3 Å². The highest BCUT2D eigenvalue weighted by Gasteiger charge is 2.13. The molecule has 0 fully saturated rings. The molecule has 0 aliphatic carbocycles. The van der Waals surface area contributed by atoms with Gasteiger partial charge in [0.2, 0.25) is 5.88 Å². The van der Waals surface area contributed by atoms with E-state index in [4.69, 9.17) is 9.47 Å². The number of thiazole rings is 1. The molecule has 0 bridgehead atoms. The minimum Gasteiger partial charge on any atom is -0.475 e. The largest absolute Gasteiger partial charge is 0.475 e. The van der Waals surface area contributed by atoms with Crippen molar-refractivity contribution in [3.05, 3.63) is 50.9 Å². The molecule has 136 valence electrons. The van der Waals surface area contributed by atoms with E-state index < -0.39 is 0 Å². The van der Waals surface area contributed by atoms with Crippen molar-refractivity contribution in [3.63, 3.8) is 0 Å². The molecule has 0 unspecified atom stereocenters. The molecule has 0 aromatic carbocycles. The Bertz CT molecular complexity index is 864. The van der Waals surface area contributed by atoms with Crippen LogP contribution in [0, 0.1) is 0 Å². The molecule has 0 radical (unpaired) electrons. The highest BCUT2D eigenvalue weighted by atomic mass is 79.9. The van der Waals surface area contributed by atoms with Crippen LogP contribution in [0.3, 0.4) is 0 Å². The van der Waals surface area contributed by atoms with Crippen molar-refractivity contribution in [3.8, 4) is 15.8 Å². The monoisotopic (exact) mass is 453 g/mol. The third-order valence-electron chi connectivity index (χ3n) is 3.30. The number of amides is 1. The first kappa shape index (κ1) is 19.0. The Hall–Kier alpha value is -1.81. The summed E-state index contributed by atoms with van der Waals surface area (Å²) in [5.74, 6) is 0.326. The fraction of sp³-hybridized carbons (Fsp3) is 0.235. The Morgan fingerprint density at radius 1 is 1.27 bits per heavy atom. The van der Waals surface area contributed by atoms with Gasteiger partial charge in [-0.15, -0.1) is 22.7 Å². The maximum atomic E-state index is 12.3. The van der Waals surface area contributed by atoms with Crippen molar-refractivity contribution >= 4 is 44.5 Å². The van der Waals surface area contributed by atoms with Crippen LogP contribution in [0.4, 0.5) is 0 Å². The van der Waals surface area contributed by atoms with Crippen LogP contribution < -0.4 is 10.1 Å². The number of aromatic nitrogens is 2. The zero-order valence-electron chi connectivity index (χ0n) is 13.9. The lowest BCUT2D eigenvalue weighted by Crippen LogP contribution is -2.23.